The first-order valence-corrected chi connectivity index (χ1v) is 7.67. The third kappa shape index (κ3) is 3.77. The monoisotopic (exact) mass is 319 g/mol. The van der Waals surface area contributed by atoms with E-state index in [1.807, 2.05) is 0 Å². The molecule has 2 rings (SSSR count). The molecule has 5 heteroatoms. The van der Waals surface area contributed by atoms with Crippen LogP contribution in [0.15, 0.2) is 18.2 Å². The van der Waals surface area contributed by atoms with Crippen LogP contribution in [-0.2, 0) is 4.79 Å². The number of hydrogen-bond donors (Lipinski definition) is 1. The smallest absolute Gasteiger partial charge is 0.242 e. The third-order valence-electron chi connectivity index (χ3n) is 3.44. The number of carbonyl (C=O) groups excluding carboxylic acids is 1. The van der Waals surface area contributed by atoms with Gasteiger partial charge in [-0.05, 0) is 24.5 Å². The fourth-order valence-corrected chi connectivity index (χ4v) is 3.10. The molecule has 1 aliphatic rings. The zero-order valence-corrected chi connectivity index (χ0v) is 12.7. The fourth-order valence-electron chi connectivity index (χ4n) is 2.38. The summed E-state index contributed by atoms with van der Waals surface area (Å²) < 4.78 is 0. The average molecular weight is 321 g/mol. The summed E-state index contributed by atoms with van der Waals surface area (Å²) in [6.07, 6.45) is 5.62. The number of amides is 1. The van der Waals surface area contributed by atoms with E-state index in [2.05, 4.69) is 5.32 Å². The van der Waals surface area contributed by atoms with Crippen LogP contribution in [0, 0.1) is 0 Å². The lowest BCUT2D eigenvalue weighted by atomic mass is 9.95. The van der Waals surface area contributed by atoms with Gasteiger partial charge in [0.1, 0.15) is 5.38 Å². The summed E-state index contributed by atoms with van der Waals surface area (Å²) in [4.78, 5) is 12.1. The van der Waals surface area contributed by atoms with E-state index in [1.54, 1.807) is 18.2 Å². The minimum Gasteiger partial charge on any atom is -0.352 e. The molecule has 1 N–H and O–H groups in total. The van der Waals surface area contributed by atoms with Gasteiger partial charge in [-0.25, -0.2) is 0 Å². The zero-order valence-electron chi connectivity index (χ0n) is 10.5. The van der Waals surface area contributed by atoms with Crippen molar-refractivity contribution < 1.29 is 4.79 Å². The standard InChI is InChI=1S/C14H16Cl3NO/c15-11-8-4-7-10(12(11)16)13(17)14(19)18-9-5-2-1-3-6-9/h4,7-9,13H,1-3,5-6H2,(H,18,19). The Morgan fingerprint density at radius 1 is 1.21 bits per heavy atom. The van der Waals surface area contributed by atoms with E-state index in [0.717, 1.165) is 25.7 Å². The van der Waals surface area contributed by atoms with Crippen molar-refractivity contribution in [2.75, 3.05) is 0 Å². The summed E-state index contributed by atoms with van der Waals surface area (Å²) in [7, 11) is 0. The molecule has 1 aromatic carbocycles. The number of alkyl halides is 1. The van der Waals surface area contributed by atoms with Crippen molar-refractivity contribution in [3.8, 4) is 0 Å². The van der Waals surface area contributed by atoms with Crippen LogP contribution >= 0.6 is 34.8 Å². The first-order valence-electron chi connectivity index (χ1n) is 6.48. The Hall–Kier alpha value is -0.440. The van der Waals surface area contributed by atoms with E-state index < -0.39 is 5.38 Å². The van der Waals surface area contributed by atoms with Crippen molar-refractivity contribution >= 4 is 40.7 Å². The van der Waals surface area contributed by atoms with Crippen LogP contribution in [0.3, 0.4) is 0 Å². The third-order valence-corrected chi connectivity index (χ3v) is 4.70. The highest BCUT2D eigenvalue weighted by atomic mass is 35.5. The summed E-state index contributed by atoms with van der Waals surface area (Å²) >= 11 is 18.2. The predicted molar refractivity (Wildman–Crippen MR) is 80.1 cm³/mol. The highest BCUT2D eigenvalue weighted by Gasteiger charge is 2.24. The lowest BCUT2D eigenvalue weighted by molar-refractivity contribution is -0.121. The summed E-state index contributed by atoms with van der Waals surface area (Å²) in [6, 6.07) is 5.38. The van der Waals surface area contributed by atoms with Crippen LogP contribution in [0.5, 0.6) is 0 Å². The number of halogens is 3. The molecule has 0 saturated heterocycles. The lowest BCUT2D eigenvalue weighted by Gasteiger charge is -2.24. The molecule has 1 atom stereocenters. The van der Waals surface area contributed by atoms with Crippen LogP contribution < -0.4 is 5.32 Å². The normalized spacial score (nSPS) is 18.1. The van der Waals surface area contributed by atoms with E-state index in [4.69, 9.17) is 34.8 Å². The second kappa shape index (κ2) is 6.83. The molecule has 1 aliphatic carbocycles. The number of benzene rings is 1. The van der Waals surface area contributed by atoms with E-state index >= 15 is 0 Å². The molecule has 19 heavy (non-hydrogen) atoms. The maximum absolute atomic E-state index is 12.1. The maximum Gasteiger partial charge on any atom is 0.242 e. The molecule has 2 nitrogen and oxygen atoms in total. The first-order chi connectivity index (χ1) is 9.09. The van der Waals surface area contributed by atoms with Gasteiger partial charge in [0.05, 0.1) is 10.0 Å². The van der Waals surface area contributed by atoms with Gasteiger partial charge in [0.2, 0.25) is 5.91 Å². The highest BCUT2D eigenvalue weighted by Crippen LogP contribution is 2.33. The average Bonchev–Trinajstić information content (AvgIpc) is 2.42. The molecule has 0 bridgehead atoms. The maximum atomic E-state index is 12.1. The molecule has 0 aromatic heterocycles. The Morgan fingerprint density at radius 2 is 1.89 bits per heavy atom. The van der Waals surface area contributed by atoms with Crippen molar-refractivity contribution in [3.05, 3.63) is 33.8 Å². The predicted octanol–water partition coefficient (Wildman–Crippen LogP) is 4.72. The van der Waals surface area contributed by atoms with Crippen molar-refractivity contribution in [1.82, 2.24) is 5.32 Å². The van der Waals surface area contributed by atoms with Crippen LogP contribution in [-0.4, -0.2) is 11.9 Å². The van der Waals surface area contributed by atoms with Crippen LogP contribution in [0.2, 0.25) is 10.0 Å². The van der Waals surface area contributed by atoms with E-state index in [1.165, 1.54) is 6.42 Å². The SMILES string of the molecule is O=C(NC1CCCCC1)C(Cl)c1cccc(Cl)c1Cl. The topological polar surface area (TPSA) is 29.1 Å². The van der Waals surface area contributed by atoms with Crippen molar-refractivity contribution in [2.24, 2.45) is 0 Å². The molecule has 1 amide bonds. The van der Waals surface area contributed by atoms with Crippen molar-refractivity contribution in [3.63, 3.8) is 0 Å². The Labute approximate surface area is 128 Å². The Bertz CT molecular complexity index is 458. The van der Waals surface area contributed by atoms with E-state index in [0.29, 0.717) is 15.6 Å². The number of rotatable bonds is 3. The molecule has 0 aliphatic heterocycles. The van der Waals surface area contributed by atoms with Crippen molar-refractivity contribution in [2.45, 2.75) is 43.5 Å². The van der Waals surface area contributed by atoms with Gasteiger partial charge in [-0.15, -0.1) is 11.6 Å². The van der Waals surface area contributed by atoms with Crippen LogP contribution in [0.1, 0.15) is 43.0 Å². The van der Waals surface area contributed by atoms with Gasteiger partial charge in [-0.2, -0.15) is 0 Å². The molecule has 1 saturated carbocycles. The highest BCUT2D eigenvalue weighted by molar-refractivity contribution is 6.43. The molecule has 1 aromatic rings. The van der Waals surface area contributed by atoms with Gasteiger partial charge in [-0.1, -0.05) is 54.6 Å². The van der Waals surface area contributed by atoms with E-state index in [9.17, 15) is 4.79 Å². The molecule has 1 fully saturated rings. The summed E-state index contributed by atoms with van der Waals surface area (Å²) in [5.74, 6) is -0.197. The van der Waals surface area contributed by atoms with Gasteiger partial charge >= 0.3 is 0 Å². The number of carbonyl (C=O) groups is 1. The first kappa shape index (κ1) is 15.0. The lowest BCUT2D eigenvalue weighted by Crippen LogP contribution is -2.38. The van der Waals surface area contributed by atoms with Crippen LogP contribution in [0.25, 0.3) is 0 Å². The molecular formula is C14H16Cl3NO. The second-order valence-corrected chi connectivity index (χ2v) is 6.07. The summed E-state index contributed by atoms with van der Waals surface area (Å²) in [5, 5.41) is 2.96. The van der Waals surface area contributed by atoms with Gasteiger partial charge in [0.15, 0.2) is 0 Å². The minimum absolute atomic E-state index is 0.197. The molecule has 1 unspecified atom stereocenters. The quantitative estimate of drug-likeness (QED) is 0.802. The Kier molecular flexibility index (Phi) is 5.37. The molecule has 104 valence electrons. The fraction of sp³-hybridized carbons (Fsp3) is 0.500. The summed E-state index contributed by atoms with van der Waals surface area (Å²) in [6.45, 7) is 0. The molecular weight excluding hydrogens is 305 g/mol. The number of hydrogen-bond acceptors (Lipinski definition) is 1. The molecule has 0 spiro atoms. The largest absolute Gasteiger partial charge is 0.352 e. The van der Waals surface area contributed by atoms with Crippen molar-refractivity contribution in [1.29, 1.82) is 0 Å². The summed E-state index contributed by atoms with van der Waals surface area (Å²) in [5.41, 5.74) is 0.559. The molecule has 0 heterocycles. The Morgan fingerprint density at radius 3 is 2.58 bits per heavy atom. The van der Waals surface area contributed by atoms with E-state index in [-0.39, 0.29) is 11.9 Å². The van der Waals surface area contributed by atoms with Crippen LogP contribution in [0.4, 0.5) is 0 Å². The second-order valence-electron chi connectivity index (χ2n) is 4.85. The minimum atomic E-state index is -0.798. The number of nitrogens with one attached hydrogen (secondary N) is 1. The van der Waals surface area contributed by atoms with Gasteiger partial charge in [-0.3, -0.25) is 4.79 Å². The van der Waals surface area contributed by atoms with Gasteiger partial charge in [0.25, 0.3) is 0 Å². The Balaban J connectivity index is 2.03. The molecule has 0 radical (unpaired) electrons. The zero-order chi connectivity index (χ0) is 13.8. The van der Waals surface area contributed by atoms with Gasteiger partial charge in [0, 0.05) is 6.04 Å². The van der Waals surface area contributed by atoms with Gasteiger partial charge < -0.3 is 5.32 Å².